The summed E-state index contributed by atoms with van der Waals surface area (Å²) in [4.78, 5) is 26.6. The van der Waals surface area contributed by atoms with Crippen LogP contribution < -0.4 is 10.6 Å². The van der Waals surface area contributed by atoms with E-state index < -0.39 is 0 Å². The number of nitrogens with one attached hydrogen (secondary N) is 2. The first kappa shape index (κ1) is 18.9. The molecule has 0 spiro atoms. The number of benzene rings is 2. The van der Waals surface area contributed by atoms with E-state index in [2.05, 4.69) is 33.4 Å². The molecule has 33 heavy (non-hydrogen) atoms. The average Bonchev–Trinajstić information content (AvgIpc) is 3.56. The molecule has 5 heterocycles. The van der Waals surface area contributed by atoms with E-state index in [0.29, 0.717) is 23.0 Å². The number of para-hydroxylation sites is 2. The molecule has 0 unspecified atom stereocenters. The minimum absolute atomic E-state index is 0.297. The summed E-state index contributed by atoms with van der Waals surface area (Å²) in [5, 5.41) is 8.19. The Bertz CT molecular complexity index is 1540. The molecule has 1 saturated heterocycles. The quantitative estimate of drug-likeness (QED) is 0.475. The highest BCUT2D eigenvalue weighted by molar-refractivity contribution is 6.51. The maximum atomic E-state index is 13.3. The van der Waals surface area contributed by atoms with Crippen LogP contribution in [-0.2, 0) is 29.6 Å². The van der Waals surface area contributed by atoms with E-state index in [1.807, 2.05) is 48.1 Å². The first-order chi connectivity index (χ1) is 16.1. The van der Waals surface area contributed by atoms with Crippen molar-refractivity contribution in [3.05, 3.63) is 71.5 Å². The van der Waals surface area contributed by atoms with Gasteiger partial charge >= 0.3 is 0 Å². The van der Waals surface area contributed by atoms with Gasteiger partial charge in [0.2, 0.25) is 0 Å². The van der Waals surface area contributed by atoms with Gasteiger partial charge in [-0.1, -0.05) is 36.4 Å². The van der Waals surface area contributed by atoms with Crippen molar-refractivity contribution >= 4 is 44.8 Å². The van der Waals surface area contributed by atoms with Gasteiger partial charge in [-0.25, -0.2) is 0 Å². The van der Waals surface area contributed by atoms with E-state index in [0.717, 1.165) is 59.0 Å². The van der Waals surface area contributed by atoms with Gasteiger partial charge in [0.25, 0.3) is 11.8 Å². The average molecular weight is 437 g/mol. The van der Waals surface area contributed by atoms with Crippen LogP contribution in [0.5, 0.6) is 0 Å². The van der Waals surface area contributed by atoms with Crippen LogP contribution in [0, 0.1) is 11.8 Å². The number of aromatic nitrogens is 2. The standard InChI is InChI=1S/C27H24N4O2/c1-30-14-19(17-6-2-4-8-20(17)30)24-25(27(33)29-26(24)32)23-18-7-3-5-9-21(18)31-13-16-12-28-11-15(16)10-22(23)31/h2-9,14-16,28H,10-13H2,1H3,(H,29,32,33)/t15-,16-/m1/s1. The molecule has 2 atom stereocenters. The first-order valence-corrected chi connectivity index (χ1v) is 11.6. The second-order valence-corrected chi connectivity index (χ2v) is 9.54. The van der Waals surface area contributed by atoms with Gasteiger partial charge in [-0.05, 0) is 43.5 Å². The molecule has 0 radical (unpaired) electrons. The van der Waals surface area contributed by atoms with Crippen molar-refractivity contribution in [3.8, 4) is 0 Å². The fourth-order valence-electron chi connectivity index (χ4n) is 6.27. The number of hydrogen-bond acceptors (Lipinski definition) is 3. The van der Waals surface area contributed by atoms with Gasteiger partial charge in [-0.15, -0.1) is 0 Å². The maximum Gasteiger partial charge on any atom is 0.259 e. The lowest BCUT2D eigenvalue weighted by atomic mass is 9.85. The van der Waals surface area contributed by atoms with E-state index in [-0.39, 0.29) is 11.8 Å². The number of fused-ring (bicyclic) bond motifs is 5. The van der Waals surface area contributed by atoms with Crippen molar-refractivity contribution in [2.24, 2.45) is 18.9 Å². The maximum absolute atomic E-state index is 13.3. The summed E-state index contributed by atoms with van der Waals surface area (Å²) in [5.74, 6) is 0.550. The van der Waals surface area contributed by atoms with Crippen molar-refractivity contribution in [1.29, 1.82) is 0 Å². The van der Waals surface area contributed by atoms with Gasteiger partial charge in [0.1, 0.15) is 0 Å². The lowest BCUT2D eigenvalue weighted by Gasteiger charge is -2.28. The van der Waals surface area contributed by atoms with E-state index in [9.17, 15) is 9.59 Å². The molecule has 2 amide bonds. The lowest BCUT2D eigenvalue weighted by Crippen LogP contribution is -2.28. The number of hydrogen-bond donors (Lipinski definition) is 2. The molecule has 3 aliphatic rings. The third kappa shape index (κ3) is 2.52. The van der Waals surface area contributed by atoms with Crippen LogP contribution in [-0.4, -0.2) is 34.0 Å². The van der Waals surface area contributed by atoms with Crippen molar-refractivity contribution in [2.75, 3.05) is 13.1 Å². The van der Waals surface area contributed by atoms with Crippen LogP contribution in [0.4, 0.5) is 0 Å². The molecule has 2 aromatic heterocycles. The summed E-state index contributed by atoms with van der Waals surface area (Å²) in [6.07, 6.45) is 2.88. The topological polar surface area (TPSA) is 68.1 Å². The normalized spacial score (nSPS) is 22.3. The number of aryl methyl sites for hydroxylation is 1. The van der Waals surface area contributed by atoms with Crippen molar-refractivity contribution in [2.45, 2.75) is 13.0 Å². The molecule has 2 aromatic carbocycles. The van der Waals surface area contributed by atoms with Gasteiger partial charge in [0, 0.05) is 58.4 Å². The van der Waals surface area contributed by atoms with Gasteiger partial charge < -0.3 is 14.5 Å². The SMILES string of the molecule is Cn1cc(C2=C(c3c4n(c5ccccc35)C[C@H]3CNC[C@H]3C4)C(=O)NC2=O)c2ccccc21. The number of amides is 2. The summed E-state index contributed by atoms with van der Waals surface area (Å²) < 4.78 is 4.41. The minimum Gasteiger partial charge on any atom is -0.350 e. The fraction of sp³-hybridized carbons (Fsp3) is 0.259. The molecule has 0 aliphatic carbocycles. The Morgan fingerprint density at radius 3 is 2.39 bits per heavy atom. The monoisotopic (exact) mass is 436 g/mol. The summed E-state index contributed by atoms with van der Waals surface area (Å²) in [7, 11) is 1.98. The second kappa shape index (κ2) is 6.68. The van der Waals surface area contributed by atoms with Gasteiger partial charge in [0.15, 0.2) is 0 Å². The van der Waals surface area contributed by atoms with Crippen molar-refractivity contribution < 1.29 is 9.59 Å². The molecule has 0 bridgehead atoms. The number of rotatable bonds is 2. The smallest absolute Gasteiger partial charge is 0.259 e. The Kier molecular flexibility index (Phi) is 3.82. The summed E-state index contributed by atoms with van der Waals surface area (Å²) in [6.45, 7) is 2.99. The van der Waals surface area contributed by atoms with E-state index in [4.69, 9.17) is 0 Å². The summed E-state index contributed by atoms with van der Waals surface area (Å²) in [6, 6.07) is 16.3. The first-order valence-electron chi connectivity index (χ1n) is 11.6. The number of imide groups is 1. The molecular weight excluding hydrogens is 412 g/mol. The Morgan fingerprint density at radius 2 is 1.55 bits per heavy atom. The van der Waals surface area contributed by atoms with E-state index in [1.54, 1.807) is 0 Å². The van der Waals surface area contributed by atoms with Crippen molar-refractivity contribution in [3.63, 3.8) is 0 Å². The van der Waals surface area contributed by atoms with Crippen molar-refractivity contribution in [1.82, 2.24) is 19.8 Å². The zero-order valence-corrected chi connectivity index (χ0v) is 18.4. The number of carbonyl (C=O) groups is 2. The highest BCUT2D eigenvalue weighted by Gasteiger charge is 2.40. The number of nitrogens with zero attached hydrogens (tertiary/aromatic N) is 2. The molecule has 4 aromatic rings. The third-order valence-electron chi connectivity index (χ3n) is 7.78. The fourth-order valence-corrected chi connectivity index (χ4v) is 6.27. The van der Waals surface area contributed by atoms with Gasteiger partial charge in [0.05, 0.1) is 11.1 Å². The molecule has 6 heteroatoms. The molecule has 164 valence electrons. The van der Waals surface area contributed by atoms with Crippen LogP contribution >= 0.6 is 0 Å². The van der Waals surface area contributed by atoms with Crippen LogP contribution in [0.1, 0.15) is 16.8 Å². The van der Waals surface area contributed by atoms with E-state index >= 15 is 0 Å². The minimum atomic E-state index is -0.313. The molecule has 6 nitrogen and oxygen atoms in total. The van der Waals surface area contributed by atoms with Crippen LogP contribution in [0.15, 0.2) is 54.7 Å². The predicted molar refractivity (Wildman–Crippen MR) is 128 cm³/mol. The van der Waals surface area contributed by atoms with E-state index in [1.165, 1.54) is 5.69 Å². The van der Waals surface area contributed by atoms with Crippen LogP contribution in [0.25, 0.3) is 33.0 Å². The largest absolute Gasteiger partial charge is 0.350 e. The molecule has 3 aliphatic heterocycles. The summed E-state index contributed by atoms with van der Waals surface area (Å²) >= 11 is 0. The number of carbonyl (C=O) groups excluding carboxylic acids is 2. The predicted octanol–water partition coefficient (Wildman–Crippen LogP) is 3.09. The second-order valence-electron chi connectivity index (χ2n) is 9.54. The molecule has 7 rings (SSSR count). The zero-order chi connectivity index (χ0) is 22.3. The summed E-state index contributed by atoms with van der Waals surface area (Å²) in [5.41, 5.74) is 6.11. The van der Waals surface area contributed by atoms with Gasteiger partial charge in [-0.3, -0.25) is 14.9 Å². The molecular formula is C27H24N4O2. The zero-order valence-electron chi connectivity index (χ0n) is 18.4. The molecule has 0 saturated carbocycles. The third-order valence-corrected chi connectivity index (χ3v) is 7.78. The van der Waals surface area contributed by atoms with Crippen LogP contribution in [0.2, 0.25) is 0 Å². The highest BCUT2D eigenvalue weighted by Crippen LogP contribution is 2.44. The molecule has 2 N–H and O–H groups in total. The van der Waals surface area contributed by atoms with Gasteiger partial charge in [-0.2, -0.15) is 0 Å². The Labute approximate surface area is 190 Å². The highest BCUT2D eigenvalue weighted by atomic mass is 16.2. The Hall–Kier alpha value is -3.64. The lowest BCUT2D eigenvalue weighted by molar-refractivity contribution is -0.122. The molecule has 1 fully saturated rings. The van der Waals surface area contributed by atoms with Crippen LogP contribution in [0.3, 0.4) is 0 Å². The Morgan fingerprint density at radius 1 is 0.848 bits per heavy atom. The Balaban J connectivity index is 1.56.